The van der Waals surface area contributed by atoms with Crippen molar-refractivity contribution in [2.24, 2.45) is 0 Å². The molecule has 5 heteroatoms. The van der Waals surface area contributed by atoms with Gasteiger partial charge in [-0.05, 0) is 58.9 Å². The molecule has 1 saturated heterocycles. The number of fused-ring (bicyclic) bond motifs is 3. The van der Waals surface area contributed by atoms with Crippen LogP contribution in [-0.2, 0) is 24.2 Å². The Bertz CT molecular complexity index is 705. The fraction of sp³-hybridized carbons (Fsp3) is 0.762. The van der Waals surface area contributed by atoms with Crippen molar-refractivity contribution in [3.63, 3.8) is 0 Å². The second-order valence-electron chi connectivity index (χ2n) is 10.2. The number of nitrogens with two attached hydrogens (primary N) is 1. The number of nitrogens with zero attached hydrogens (tertiary/aromatic N) is 1. The van der Waals surface area contributed by atoms with Crippen LogP contribution in [0.2, 0.25) is 0 Å². The van der Waals surface area contributed by atoms with Crippen LogP contribution in [-0.4, -0.2) is 29.7 Å². The number of hydrogen-bond donors (Lipinski definition) is 2. The van der Waals surface area contributed by atoms with Gasteiger partial charge in [0, 0.05) is 17.4 Å². The van der Waals surface area contributed by atoms with Crippen molar-refractivity contribution in [1.82, 2.24) is 0 Å². The number of carbonyl (C=O) groups excluding carboxylic acids is 1. The number of carbonyl (C=O) groups is 1. The number of thiophene rings is 1. The van der Waals surface area contributed by atoms with E-state index in [1.165, 1.54) is 49.1 Å². The SMILES string of the molecule is CC(=O)N1C[NH+](C2CC(C)(C)[NH2+]C(C)(C)C2)Cc2c1sc1c2CCCC1. The average molecular weight is 378 g/mol. The molecule has 0 radical (unpaired) electrons. The molecule has 3 aliphatic rings. The Morgan fingerprint density at radius 2 is 1.77 bits per heavy atom. The first-order valence-electron chi connectivity index (χ1n) is 10.3. The van der Waals surface area contributed by atoms with E-state index in [0.717, 1.165) is 13.2 Å². The molecule has 1 atom stereocenters. The van der Waals surface area contributed by atoms with Crippen LogP contribution in [0.25, 0.3) is 0 Å². The molecule has 1 fully saturated rings. The summed E-state index contributed by atoms with van der Waals surface area (Å²) < 4.78 is 0. The molecule has 2 aliphatic heterocycles. The van der Waals surface area contributed by atoms with Crippen LogP contribution in [0.15, 0.2) is 0 Å². The highest BCUT2D eigenvalue weighted by molar-refractivity contribution is 7.16. The number of nitrogens with one attached hydrogen (secondary N) is 1. The summed E-state index contributed by atoms with van der Waals surface area (Å²) in [5.74, 6) is 0.211. The smallest absolute Gasteiger partial charge is 0.228 e. The third kappa shape index (κ3) is 3.34. The molecule has 3 heterocycles. The van der Waals surface area contributed by atoms with E-state index in [9.17, 15) is 4.79 Å². The molecule has 26 heavy (non-hydrogen) atoms. The Morgan fingerprint density at radius 3 is 2.42 bits per heavy atom. The van der Waals surface area contributed by atoms with Crippen LogP contribution in [0.4, 0.5) is 5.00 Å². The first-order chi connectivity index (χ1) is 12.2. The van der Waals surface area contributed by atoms with Crippen molar-refractivity contribution in [3.05, 3.63) is 16.0 Å². The van der Waals surface area contributed by atoms with Gasteiger partial charge in [-0.3, -0.25) is 9.69 Å². The first-order valence-corrected chi connectivity index (χ1v) is 11.1. The lowest BCUT2D eigenvalue weighted by Gasteiger charge is -2.46. The van der Waals surface area contributed by atoms with Gasteiger partial charge in [0.1, 0.15) is 17.6 Å². The quantitative estimate of drug-likeness (QED) is 0.767. The zero-order valence-corrected chi connectivity index (χ0v) is 17.9. The number of rotatable bonds is 1. The van der Waals surface area contributed by atoms with E-state index in [-0.39, 0.29) is 17.0 Å². The largest absolute Gasteiger partial charge is 0.337 e. The minimum Gasteiger partial charge on any atom is -0.337 e. The summed E-state index contributed by atoms with van der Waals surface area (Å²) in [4.78, 5) is 17.7. The van der Waals surface area contributed by atoms with E-state index < -0.39 is 0 Å². The Hall–Kier alpha value is -0.910. The summed E-state index contributed by atoms with van der Waals surface area (Å²) >= 11 is 1.91. The van der Waals surface area contributed by atoms with Crippen molar-refractivity contribution in [2.45, 2.75) is 96.8 Å². The van der Waals surface area contributed by atoms with Gasteiger partial charge < -0.3 is 10.2 Å². The van der Waals surface area contributed by atoms with Gasteiger partial charge in [-0.25, -0.2) is 0 Å². The normalized spacial score (nSPS) is 27.7. The standard InChI is InChI=1S/C21H33N3OS/c1-14(25)24-13-23(15-10-20(2,3)22-21(4,5)11-15)12-17-16-8-6-7-9-18(16)26-19(17)24/h15,22H,6-13H2,1-5H3/p+2. The number of quaternary nitrogens is 2. The van der Waals surface area contributed by atoms with E-state index in [2.05, 4.69) is 37.9 Å². The van der Waals surface area contributed by atoms with Crippen molar-refractivity contribution in [3.8, 4) is 0 Å². The Kier molecular flexibility index (Phi) is 4.48. The topological polar surface area (TPSA) is 41.4 Å². The van der Waals surface area contributed by atoms with Gasteiger partial charge in [0.15, 0.2) is 6.67 Å². The maximum Gasteiger partial charge on any atom is 0.228 e. The predicted molar refractivity (Wildman–Crippen MR) is 107 cm³/mol. The highest BCUT2D eigenvalue weighted by Gasteiger charge is 2.47. The predicted octanol–water partition coefficient (Wildman–Crippen LogP) is 1.62. The Morgan fingerprint density at radius 1 is 1.12 bits per heavy atom. The summed E-state index contributed by atoms with van der Waals surface area (Å²) in [7, 11) is 0. The molecule has 1 amide bonds. The van der Waals surface area contributed by atoms with E-state index in [4.69, 9.17) is 0 Å². The number of anilines is 1. The molecule has 1 unspecified atom stereocenters. The lowest BCUT2D eigenvalue weighted by Crippen LogP contribution is -3.20. The summed E-state index contributed by atoms with van der Waals surface area (Å²) in [6, 6.07) is 0.624. The molecule has 4 rings (SSSR count). The minimum absolute atomic E-state index is 0.211. The van der Waals surface area contributed by atoms with Crippen LogP contribution in [0, 0.1) is 0 Å². The van der Waals surface area contributed by atoms with Crippen LogP contribution < -0.4 is 15.1 Å². The highest BCUT2D eigenvalue weighted by Crippen LogP contribution is 2.41. The molecule has 1 aromatic rings. The average Bonchev–Trinajstić information content (AvgIpc) is 2.89. The summed E-state index contributed by atoms with van der Waals surface area (Å²) in [6.07, 6.45) is 7.49. The third-order valence-electron chi connectivity index (χ3n) is 6.55. The molecule has 0 bridgehead atoms. The minimum atomic E-state index is 0.211. The lowest BCUT2D eigenvalue weighted by atomic mass is 9.78. The van der Waals surface area contributed by atoms with Gasteiger partial charge in [-0.1, -0.05) is 0 Å². The fourth-order valence-electron chi connectivity index (χ4n) is 5.91. The second-order valence-corrected chi connectivity index (χ2v) is 11.2. The van der Waals surface area contributed by atoms with Crippen molar-refractivity contribution in [2.75, 3.05) is 11.6 Å². The summed E-state index contributed by atoms with van der Waals surface area (Å²) in [5, 5.41) is 3.83. The molecule has 0 spiro atoms. The first kappa shape index (κ1) is 18.5. The number of amides is 1. The zero-order valence-electron chi connectivity index (χ0n) is 17.1. The van der Waals surface area contributed by atoms with Gasteiger partial charge in [-0.15, -0.1) is 11.3 Å². The number of aryl methyl sites for hydroxylation is 1. The van der Waals surface area contributed by atoms with Gasteiger partial charge in [0.05, 0.1) is 23.9 Å². The van der Waals surface area contributed by atoms with E-state index in [1.807, 2.05) is 11.3 Å². The molecule has 3 N–H and O–H groups in total. The number of hydrogen-bond acceptors (Lipinski definition) is 2. The van der Waals surface area contributed by atoms with Crippen molar-refractivity contribution in [1.29, 1.82) is 0 Å². The van der Waals surface area contributed by atoms with Crippen molar-refractivity contribution >= 4 is 22.2 Å². The van der Waals surface area contributed by atoms with Crippen LogP contribution in [0.3, 0.4) is 0 Å². The maximum atomic E-state index is 12.5. The summed E-state index contributed by atoms with van der Waals surface area (Å²) in [6.45, 7) is 13.2. The zero-order chi connectivity index (χ0) is 18.7. The van der Waals surface area contributed by atoms with E-state index in [1.54, 1.807) is 22.3 Å². The van der Waals surface area contributed by atoms with Crippen LogP contribution >= 0.6 is 11.3 Å². The maximum absolute atomic E-state index is 12.5. The molecule has 0 aromatic carbocycles. The molecular formula is C21H35N3OS+2. The van der Waals surface area contributed by atoms with Crippen molar-refractivity contribution < 1.29 is 15.0 Å². The van der Waals surface area contributed by atoms with Gasteiger partial charge in [0.2, 0.25) is 5.91 Å². The monoisotopic (exact) mass is 377 g/mol. The third-order valence-corrected chi connectivity index (χ3v) is 7.91. The fourth-order valence-corrected chi connectivity index (χ4v) is 7.36. The van der Waals surface area contributed by atoms with E-state index in [0.29, 0.717) is 6.04 Å². The van der Waals surface area contributed by atoms with E-state index >= 15 is 0 Å². The number of piperidine rings is 1. The molecule has 0 saturated carbocycles. The molecule has 144 valence electrons. The van der Waals surface area contributed by atoms with Gasteiger partial charge in [0.25, 0.3) is 0 Å². The highest BCUT2D eigenvalue weighted by atomic mass is 32.1. The van der Waals surface area contributed by atoms with Gasteiger partial charge in [-0.2, -0.15) is 0 Å². The summed E-state index contributed by atoms with van der Waals surface area (Å²) in [5.41, 5.74) is 3.65. The van der Waals surface area contributed by atoms with Crippen LogP contribution in [0.5, 0.6) is 0 Å². The Labute approximate surface area is 161 Å². The molecule has 1 aromatic heterocycles. The van der Waals surface area contributed by atoms with Gasteiger partial charge >= 0.3 is 0 Å². The lowest BCUT2D eigenvalue weighted by molar-refractivity contribution is -0.954. The molecular weight excluding hydrogens is 342 g/mol. The molecule has 1 aliphatic carbocycles. The Balaban J connectivity index is 1.67. The second kappa shape index (κ2) is 6.32. The molecule has 4 nitrogen and oxygen atoms in total. The van der Waals surface area contributed by atoms with Crippen LogP contribution in [0.1, 0.15) is 76.3 Å².